The third kappa shape index (κ3) is 5.01. The SMILES string of the molecule is CCOc1ccc(CC(=O)N/N=C/c2ccc(O)c(OC)c2)cc1. The van der Waals surface area contributed by atoms with Gasteiger partial charge in [0.05, 0.1) is 26.4 Å². The Labute approximate surface area is 140 Å². The molecule has 1 amide bonds. The fourth-order valence-electron chi connectivity index (χ4n) is 2.05. The number of hydrogen-bond donors (Lipinski definition) is 2. The molecule has 2 rings (SSSR count). The van der Waals surface area contributed by atoms with Crippen LogP contribution in [-0.4, -0.2) is 30.9 Å². The second-order valence-corrected chi connectivity index (χ2v) is 4.98. The molecule has 0 aliphatic rings. The van der Waals surface area contributed by atoms with Crippen LogP contribution in [0.15, 0.2) is 47.6 Å². The Morgan fingerprint density at radius 2 is 2.00 bits per heavy atom. The van der Waals surface area contributed by atoms with Crippen LogP contribution in [0.2, 0.25) is 0 Å². The van der Waals surface area contributed by atoms with Crippen LogP contribution in [0.25, 0.3) is 0 Å². The molecule has 0 spiro atoms. The molecular weight excluding hydrogens is 308 g/mol. The lowest BCUT2D eigenvalue weighted by Gasteiger charge is -2.05. The van der Waals surface area contributed by atoms with Crippen LogP contribution < -0.4 is 14.9 Å². The van der Waals surface area contributed by atoms with Gasteiger partial charge in [0, 0.05) is 0 Å². The Balaban J connectivity index is 1.88. The van der Waals surface area contributed by atoms with Crippen LogP contribution in [0.4, 0.5) is 0 Å². The van der Waals surface area contributed by atoms with Gasteiger partial charge in [-0.15, -0.1) is 0 Å². The number of amides is 1. The van der Waals surface area contributed by atoms with E-state index in [1.807, 2.05) is 31.2 Å². The van der Waals surface area contributed by atoms with E-state index in [0.717, 1.165) is 11.3 Å². The highest BCUT2D eigenvalue weighted by Crippen LogP contribution is 2.25. The van der Waals surface area contributed by atoms with Gasteiger partial charge >= 0.3 is 0 Å². The quantitative estimate of drug-likeness (QED) is 0.604. The summed E-state index contributed by atoms with van der Waals surface area (Å²) >= 11 is 0. The van der Waals surface area contributed by atoms with Crippen molar-refractivity contribution in [3.8, 4) is 17.2 Å². The van der Waals surface area contributed by atoms with Gasteiger partial charge in [-0.2, -0.15) is 5.10 Å². The highest BCUT2D eigenvalue weighted by molar-refractivity contribution is 5.84. The van der Waals surface area contributed by atoms with E-state index in [1.54, 1.807) is 12.1 Å². The maximum atomic E-state index is 11.9. The van der Waals surface area contributed by atoms with Crippen molar-refractivity contribution in [2.75, 3.05) is 13.7 Å². The molecule has 0 atom stereocenters. The molecule has 0 saturated heterocycles. The molecule has 0 radical (unpaired) electrons. The lowest BCUT2D eigenvalue weighted by molar-refractivity contribution is -0.120. The van der Waals surface area contributed by atoms with E-state index >= 15 is 0 Å². The van der Waals surface area contributed by atoms with Gasteiger partial charge in [-0.05, 0) is 48.4 Å². The number of hydrogen-bond acceptors (Lipinski definition) is 5. The first-order chi connectivity index (χ1) is 11.6. The van der Waals surface area contributed by atoms with Gasteiger partial charge in [0.1, 0.15) is 5.75 Å². The fourth-order valence-corrected chi connectivity index (χ4v) is 2.05. The Morgan fingerprint density at radius 1 is 1.25 bits per heavy atom. The van der Waals surface area contributed by atoms with E-state index < -0.39 is 0 Å². The summed E-state index contributed by atoms with van der Waals surface area (Å²) in [4.78, 5) is 11.9. The molecule has 0 heterocycles. The molecule has 0 unspecified atom stereocenters. The van der Waals surface area contributed by atoms with Crippen LogP contribution in [0.1, 0.15) is 18.1 Å². The number of nitrogens with zero attached hydrogens (tertiary/aromatic N) is 1. The molecule has 6 nitrogen and oxygen atoms in total. The minimum atomic E-state index is -0.221. The first-order valence-electron chi connectivity index (χ1n) is 7.53. The Bertz CT molecular complexity index is 711. The Kier molecular flexibility index (Phi) is 6.19. The Hall–Kier alpha value is -3.02. The van der Waals surface area contributed by atoms with Crippen LogP contribution in [0.5, 0.6) is 17.2 Å². The number of carbonyl (C=O) groups excluding carboxylic acids is 1. The minimum absolute atomic E-state index is 0.0502. The largest absolute Gasteiger partial charge is 0.504 e. The molecule has 0 aromatic heterocycles. The molecule has 0 bridgehead atoms. The predicted molar refractivity (Wildman–Crippen MR) is 91.7 cm³/mol. The zero-order valence-corrected chi connectivity index (χ0v) is 13.7. The number of phenolic OH excluding ortho intramolecular Hbond substituents is 1. The second kappa shape index (κ2) is 8.57. The van der Waals surface area contributed by atoms with E-state index in [0.29, 0.717) is 17.9 Å². The molecule has 0 aliphatic heterocycles. The van der Waals surface area contributed by atoms with E-state index in [4.69, 9.17) is 9.47 Å². The number of carbonyl (C=O) groups is 1. The number of ether oxygens (including phenoxy) is 2. The van der Waals surface area contributed by atoms with Crippen molar-refractivity contribution in [3.05, 3.63) is 53.6 Å². The summed E-state index contributed by atoms with van der Waals surface area (Å²) in [6.07, 6.45) is 1.71. The van der Waals surface area contributed by atoms with Crippen molar-refractivity contribution in [3.63, 3.8) is 0 Å². The summed E-state index contributed by atoms with van der Waals surface area (Å²) in [7, 11) is 1.47. The summed E-state index contributed by atoms with van der Waals surface area (Å²) in [5.74, 6) is 0.955. The fraction of sp³-hybridized carbons (Fsp3) is 0.222. The smallest absolute Gasteiger partial charge is 0.244 e. The monoisotopic (exact) mass is 328 g/mol. The molecule has 126 valence electrons. The van der Waals surface area contributed by atoms with Gasteiger partial charge in [-0.3, -0.25) is 4.79 Å². The van der Waals surface area contributed by atoms with Crippen LogP contribution >= 0.6 is 0 Å². The summed E-state index contributed by atoms with van der Waals surface area (Å²) < 4.78 is 10.4. The molecule has 0 fully saturated rings. The number of hydrazone groups is 1. The third-order valence-electron chi connectivity index (χ3n) is 3.21. The van der Waals surface area contributed by atoms with Crippen LogP contribution in [0.3, 0.4) is 0 Å². The molecular formula is C18H20N2O4. The average molecular weight is 328 g/mol. The van der Waals surface area contributed by atoms with Crippen molar-refractivity contribution >= 4 is 12.1 Å². The lowest BCUT2D eigenvalue weighted by Crippen LogP contribution is -2.19. The highest BCUT2D eigenvalue weighted by Gasteiger charge is 2.03. The van der Waals surface area contributed by atoms with Crippen LogP contribution in [0, 0.1) is 0 Å². The van der Waals surface area contributed by atoms with Gasteiger partial charge in [0.2, 0.25) is 5.91 Å². The normalized spacial score (nSPS) is 10.6. The van der Waals surface area contributed by atoms with Crippen molar-refractivity contribution in [2.24, 2.45) is 5.10 Å². The van der Waals surface area contributed by atoms with Gasteiger partial charge in [-0.25, -0.2) is 5.43 Å². The number of aromatic hydroxyl groups is 1. The van der Waals surface area contributed by atoms with Gasteiger partial charge in [-0.1, -0.05) is 12.1 Å². The molecule has 2 aromatic rings. The van der Waals surface area contributed by atoms with Crippen molar-refractivity contribution in [1.82, 2.24) is 5.43 Å². The second-order valence-electron chi connectivity index (χ2n) is 4.98. The summed E-state index contributed by atoms with van der Waals surface area (Å²) in [5, 5.41) is 13.4. The van der Waals surface area contributed by atoms with E-state index in [1.165, 1.54) is 19.4 Å². The molecule has 0 aliphatic carbocycles. The van der Waals surface area contributed by atoms with Gasteiger partial charge in [0.25, 0.3) is 0 Å². The maximum Gasteiger partial charge on any atom is 0.244 e. The number of phenols is 1. The number of rotatable bonds is 7. The number of benzene rings is 2. The topological polar surface area (TPSA) is 80.2 Å². The molecule has 0 saturated carbocycles. The molecule has 2 aromatic carbocycles. The van der Waals surface area contributed by atoms with E-state index in [2.05, 4.69) is 10.5 Å². The van der Waals surface area contributed by atoms with Crippen LogP contribution in [-0.2, 0) is 11.2 Å². The maximum absolute atomic E-state index is 11.9. The van der Waals surface area contributed by atoms with Gasteiger partial charge < -0.3 is 14.6 Å². The predicted octanol–water partition coefficient (Wildman–Crippen LogP) is 2.49. The molecule has 2 N–H and O–H groups in total. The molecule has 24 heavy (non-hydrogen) atoms. The summed E-state index contributed by atoms with van der Waals surface area (Å²) in [6, 6.07) is 12.1. The Morgan fingerprint density at radius 3 is 2.67 bits per heavy atom. The standard InChI is InChI=1S/C18H20N2O4/c1-3-24-15-7-4-13(5-8-15)11-18(22)20-19-12-14-6-9-16(21)17(10-14)23-2/h4-10,12,21H,3,11H2,1-2H3,(H,20,22)/b19-12+. The lowest BCUT2D eigenvalue weighted by atomic mass is 10.1. The average Bonchev–Trinajstić information content (AvgIpc) is 2.58. The zero-order valence-electron chi connectivity index (χ0n) is 13.7. The summed E-state index contributed by atoms with van der Waals surface area (Å²) in [5.41, 5.74) is 4.04. The molecule has 6 heteroatoms. The summed E-state index contributed by atoms with van der Waals surface area (Å²) in [6.45, 7) is 2.53. The first kappa shape index (κ1) is 17.3. The number of methoxy groups -OCH3 is 1. The van der Waals surface area contributed by atoms with Gasteiger partial charge in [0.15, 0.2) is 11.5 Å². The highest BCUT2D eigenvalue weighted by atomic mass is 16.5. The van der Waals surface area contributed by atoms with E-state index in [9.17, 15) is 9.90 Å². The number of nitrogens with one attached hydrogen (secondary N) is 1. The van der Waals surface area contributed by atoms with Crippen molar-refractivity contribution in [2.45, 2.75) is 13.3 Å². The van der Waals surface area contributed by atoms with Crippen molar-refractivity contribution < 1.29 is 19.4 Å². The van der Waals surface area contributed by atoms with E-state index in [-0.39, 0.29) is 18.1 Å². The third-order valence-corrected chi connectivity index (χ3v) is 3.21. The minimum Gasteiger partial charge on any atom is -0.504 e. The van der Waals surface area contributed by atoms with Crippen molar-refractivity contribution in [1.29, 1.82) is 0 Å². The zero-order chi connectivity index (χ0) is 17.4. The first-order valence-corrected chi connectivity index (χ1v) is 7.53.